The molecule has 2 heteroatoms. The molecule has 0 fully saturated rings. The second-order valence-corrected chi connectivity index (χ2v) is 22.6. The Bertz CT molecular complexity index is 3810. The zero-order valence-corrected chi connectivity index (χ0v) is 41.4. The van der Waals surface area contributed by atoms with E-state index >= 15 is 0 Å². The molecule has 0 N–H and O–H groups in total. The van der Waals surface area contributed by atoms with Crippen LogP contribution in [0.2, 0.25) is 0 Å². The predicted octanol–water partition coefficient (Wildman–Crippen LogP) is 18.5. The second kappa shape index (κ2) is 14.0. The molecule has 0 unspecified atom stereocenters. The molecule has 4 aliphatic rings. The van der Waals surface area contributed by atoms with Crippen molar-refractivity contribution in [3.05, 3.63) is 239 Å². The first kappa shape index (κ1) is 41.3. The summed E-state index contributed by atoms with van der Waals surface area (Å²) in [6, 6.07) is 74.2. The van der Waals surface area contributed by atoms with Gasteiger partial charge in [-0.05, 0) is 166 Å². The first-order chi connectivity index (χ1) is 33.7. The number of hydrogen-bond donors (Lipinski definition) is 0. The van der Waals surface area contributed by atoms with Crippen LogP contribution >= 0.6 is 0 Å². The lowest BCUT2D eigenvalue weighted by molar-refractivity contribution is 0.598. The van der Waals surface area contributed by atoms with E-state index in [1.165, 1.54) is 128 Å². The summed E-state index contributed by atoms with van der Waals surface area (Å²) >= 11 is 0. The van der Waals surface area contributed by atoms with Crippen LogP contribution in [0, 0.1) is 0 Å². The maximum absolute atomic E-state index is 2.60. The highest BCUT2D eigenvalue weighted by molar-refractivity contribution is 6.14. The van der Waals surface area contributed by atoms with Crippen molar-refractivity contribution in [3.8, 4) is 33.4 Å². The number of hydrogen-bond acceptors (Lipinski definition) is 2. The van der Waals surface area contributed by atoms with Crippen LogP contribution in [0.4, 0.5) is 34.1 Å². The third-order valence-electron chi connectivity index (χ3n) is 17.4. The van der Waals surface area contributed by atoms with Gasteiger partial charge in [-0.2, -0.15) is 0 Å². The zero-order chi connectivity index (χ0) is 47.6. The second-order valence-electron chi connectivity index (χ2n) is 22.6. The van der Waals surface area contributed by atoms with Crippen LogP contribution in [0.15, 0.2) is 194 Å². The van der Waals surface area contributed by atoms with Gasteiger partial charge in [-0.15, -0.1) is 0 Å². The van der Waals surface area contributed by atoms with Crippen molar-refractivity contribution in [2.45, 2.75) is 77.0 Å². The fraction of sp³-hybridized carbons (Fsp3) is 0.176. The summed E-state index contributed by atoms with van der Waals surface area (Å²) in [7, 11) is 0. The maximum atomic E-state index is 2.60. The van der Waals surface area contributed by atoms with Crippen LogP contribution < -0.4 is 9.80 Å². The topological polar surface area (TPSA) is 6.48 Å². The first-order valence-corrected chi connectivity index (χ1v) is 25.2. The molecule has 0 bridgehead atoms. The molecule has 0 radical (unpaired) electrons. The molecule has 2 aliphatic heterocycles. The van der Waals surface area contributed by atoms with Crippen molar-refractivity contribution in [3.63, 3.8) is 0 Å². The Kier molecular flexibility index (Phi) is 8.25. The molecule has 0 amide bonds. The fourth-order valence-corrected chi connectivity index (χ4v) is 13.6. The molecule has 10 aromatic carbocycles. The molecule has 0 spiro atoms. The van der Waals surface area contributed by atoms with Crippen molar-refractivity contribution >= 4 is 55.7 Å². The Morgan fingerprint density at radius 2 is 0.729 bits per heavy atom. The average Bonchev–Trinajstić information content (AvgIpc) is 3.75. The van der Waals surface area contributed by atoms with E-state index in [4.69, 9.17) is 0 Å². The molecule has 2 nitrogen and oxygen atoms in total. The maximum Gasteiger partial charge on any atom is 0.0544 e. The van der Waals surface area contributed by atoms with Gasteiger partial charge < -0.3 is 9.80 Å². The minimum Gasteiger partial charge on any atom is -0.310 e. The quantitative estimate of drug-likeness (QED) is 0.162. The van der Waals surface area contributed by atoms with E-state index in [0.29, 0.717) is 0 Å². The van der Waals surface area contributed by atoms with E-state index < -0.39 is 0 Å². The van der Waals surface area contributed by atoms with Gasteiger partial charge in [0, 0.05) is 38.7 Å². The summed E-state index contributed by atoms with van der Waals surface area (Å²) in [6.07, 6.45) is 0. The molecule has 70 heavy (non-hydrogen) atoms. The number of anilines is 6. The smallest absolute Gasteiger partial charge is 0.0544 e. The van der Waals surface area contributed by atoms with E-state index in [9.17, 15) is 0 Å². The van der Waals surface area contributed by atoms with E-state index in [0.717, 1.165) is 5.69 Å². The van der Waals surface area contributed by atoms with Crippen molar-refractivity contribution in [1.29, 1.82) is 0 Å². The summed E-state index contributed by atoms with van der Waals surface area (Å²) in [6.45, 7) is 19.3. The number of benzene rings is 10. The summed E-state index contributed by atoms with van der Waals surface area (Å²) in [5, 5.41) is 5.13. The third-order valence-corrected chi connectivity index (χ3v) is 17.4. The minimum absolute atomic E-state index is 0.141. The van der Waals surface area contributed by atoms with Crippen molar-refractivity contribution in [1.82, 2.24) is 0 Å². The molecule has 2 heterocycles. The molecular weight excluding hydrogens is 845 g/mol. The number of rotatable bonds is 4. The molecule has 14 rings (SSSR count). The van der Waals surface area contributed by atoms with E-state index in [1.807, 2.05) is 0 Å². The monoisotopic (exact) mass is 900 g/mol. The van der Waals surface area contributed by atoms with Crippen molar-refractivity contribution in [2.75, 3.05) is 9.80 Å². The summed E-state index contributed by atoms with van der Waals surface area (Å²) in [5.41, 5.74) is 25.2. The van der Waals surface area contributed by atoms with Crippen molar-refractivity contribution < 1.29 is 0 Å². The molecule has 2 aliphatic carbocycles. The van der Waals surface area contributed by atoms with Crippen LogP contribution in [-0.4, -0.2) is 0 Å². The van der Waals surface area contributed by atoms with Gasteiger partial charge in [0.1, 0.15) is 0 Å². The molecule has 10 aromatic rings. The molecular formula is C68H56N2. The summed E-state index contributed by atoms with van der Waals surface area (Å²) in [4.78, 5) is 5.15. The molecule has 0 saturated carbocycles. The van der Waals surface area contributed by atoms with Crippen molar-refractivity contribution in [2.24, 2.45) is 0 Å². The van der Waals surface area contributed by atoms with Gasteiger partial charge in [0.25, 0.3) is 0 Å². The van der Waals surface area contributed by atoms with Gasteiger partial charge in [-0.3, -0.25) is 0 Å². The van der Waals surface area contributed by atoms with Crippen LogP contribution in [-0.2, 0) is 21.7 Å². The highest BCUT2D eigenvalue weighted by atomic mass is 15.2. The SMILES string of the molecule is CC1(C)c2ccccc2-c2ccc(N(c3ccc4c(c3)C(C)(C)c3ccccc3-4)c3ccc4c(c3)C(C)(C)c3cc(-c5cc6ccccc6c6ccccc56)cc5c3N4c3ccccc3C5(C)C)cc21. The lowest BCUT2D eigenvalue weighted by atomic mass is 9.65. The Hall–Kier alpha value is -7.68. The number of nitrogens with zero attached hydrogens (tertiary/aromatic N) is 2. The van der Waals surface area contributed by atoms with Crippen LogP contribution in [0.5, 0.6) is 0 Å². The number of para-hydroxylation sites is 1. The Labute approximate surface area is 412 Å². The predicted molar refractivity (Wildman–Crippen MR) is 296 cm³/mol. The fourth-order valence-electron chi connectivity index (χ4n) is 13.6. The van der Waals surface area contributed by atoms with E-state index in [-0.39, 0.29) is 21.7 Å². The Morgan fingerprint density at radius 1 is 0.300 bits per heavy atom. The van der Waals surface area contributed by atoms with Crippen LogP contribution in [0.3, 0.4) is 0 Å². The largest absolute Gasteiger partial charge is 0.310 e. The normalized spacial score (nSPS) is 16.4. The summed E-state index contributed by atoms with van der Waals surface area (Å²) < 4.78 is 0. The van der Waals surface area contributed by atoms with Gasteiger partial charge in [-0.25, -0.2) is 0 Å². The summed E-state index contributed by atoms with van der Waals surface area (Å²) in [5.74, 6) is 0. The van der Waals surface area contributed by atoms with E-state index in [2.05, 4.69) is 259 Å². The highest BCUT2D eigenvalue weighted by Gasteiger charge is 2.46. The van der Waals surface area contributed by atoms with Gasteiger partial charge >= 0.3 is 0 Å². The van der Waals surface area contributed by atoms with Crippen LogP contribution in [0.1, 0.15) is 99.9 Å². The van der Waals surface area contributed by atoms with Gasteiger partial charge in [0.2, 0.25) is 0 Å². The number of fused-ring (bicyclic) bond motifs is 13. The minimum atomic E-state index is -0.369. The van der Waals surface area contributed by atoms with Gasteiger partial charge in [0.15, 0.2) is 0 Å². The molecule has 0 saturated heterocycles. The molecule has 0 aromatic heterocycles. The van der Waals surface area contributed by atoms with Crippen LogP contribution in [0.25, 0.3) is 54.9 Å². The zero-order valence-electron chi connectivity index (χ0n) is 41.4. The third kappa shape index (κ3) is 5.40. The molecule has 338 valence electrons. The lowest BCUT2D eigenvalue weighted by Gasteiger charge is -2.50. The van der Waals surface area contributed by atoms with Gasteiger partial charge in [0.05, 0.1) is 17.1 Å². The Balaban J connectivity index is 1.01. The highest BCUT2D eigenvalue weighted by Crippen LogP contribution is 2.62. The standard InChI is InChI=1S/C68H56N2/c1-65(2)54-25-15-13-23-49(54)51-32-29-43(38-57(51)65)69(44-30-33-52-50-24-14-16-26-55(50)66(3,4)58(52)39-44)45-31-34-63-59(40-45)68(7,8)61-37-42(36-60-64(61)70(63)62-28-18-17-27-56(62)67(60,5)6)53-35-41-19-9-10-20-46(41)47-21-11-12-22-48(47)53/h9-40H,1-8H3. The average molecular weight is 901 g/mol. The molecule has 0 atom stereocenters. The van der Waals surface area contributed by atoms with Gasteiger partial charge in [-0.1, -0.05) is 183 Å². The first-order valence-electron chi connectivity index (χ1n) is 25.2. The Morgan fingerprint density at radius 3 is 1.34 bits per heavy atom. The lowest BCUT2D eigenvalue weighted by Crippen LogP contribution is -2.38. The van der Waals surface area contributed by atoms with E-state index in [1.54, 1.807) is 0 Å².